The number of anilines is 3. The fraction of sp³-hybridized carbons (Fsp3) is 0.125. The van der Waals surface area contributed by atoms with Crippen LogP contribution in [0, 0.1) is 0 Å². The Bertz CT molecular complexity index is 1290. The van der Waals surface area contributed by atoms with Crippen molar-refractivity contribution >= 4 is 93.0 Å². The Balaban J connectivity index is 1.61. The van der Waals surface area contributed by atoms with Crippen LogP contribution in [0.25, 0.3) is 6.08 Å². The van der Waals surface area contributed by atoms with Gasteiger partial charge < -0.3 is 0 Å². The summed E-state index contributed by atoms with van der Waals surface area (Å²) in [5.41, 5.74) is 2.61. The van der Waals surface area contributed by atoms with Crippen LogP contribution in [0.1, 0.15) is 4.44 Å². The molecule has 5 rings (SSSR count). The van der Waals surface area contributed by atoms with Crippen LogP contribution in [-0.4, -0.2) is 72.5 Å². The summed E-state index contributed by atoms with van der Waals surface area (Å²) in [6.45, 7) is 4.81. The SMILES string of the molecule is CN1C(=O)/C(=C/c2ccc(N3c4ccccc4[Si](C)(C)c4ccccc43)[se]2)C(=O)N=C1[Te]. The van der Waals surface area contributed by atoms with E-state index in [2.05, 4.69) is 77.6 Å². The maximum atomic E-state index is 12.6. The first-order valence-corrected chi connectivity index (χ1v) is 16.1. The van der Waals surface area contributed by atoms with E-state index in [1.54, 1.807) is 35.4 Å². The van der Waals surface area contributed by atoms with Crippen molar-refractivity contribution in [3.63, 3.8) is 0 Å². The predicted octanol–water partition coefficient (Wildman–Crippen LogP) is 2.26. The molecule has 8 heteroatoms. The van der Waals surface area contributed by atoms with E-state index in [0.717, 1.165) is 4.44 Å². The van der Waals surface area contributed by atoms with Gasteiger partial charge in [-0.15, -0.1) is 0 Å². The molecule has 0 atom stereocenters. The van der Waals surface area contributed by atoms with Gasteiger partial charge in [-0.05, 0) is 0 Å². The van der Waals surface area contributed by atoms with Gasteiger partial charge in [0.1, 0.15) is 0 Å². The van der Waals surface area contributed by atoms with E-state index in [1.807, 2.05) is 6.07 Å². The number of nitrogens with zero attached hydrogens (tertiary/aromatic N) is 3. The minimum atomic E-state index is -1.81. The first-order valence-electron chi connectivity index (χ1n) is 10.2. The third-order valence-corrected chi connectivity index (χ3v) is 12.7. The Morgan fingerprint density at radius 3 is 2.16 bits per heavy atom. The van der Waals surface area contributed by atoms with Gasteiger partial charge in [-0.3, -0.25) is 0 Å². The zero-order valence-corrected chi connectivity index (χ0v) is 22.9. The van der Waals surface area contributed by atoms with Crippen molar-refractivity contribution in [2.75, 3.05) is 11.9 Å². The molecule has 2 aliphatic heterocycles. The van der Waals surface area contributed by atoms with Gasteiger partial charge in [0, 0.05) is 0 Å². The van der Waals surface area contributed by atoms with Crippen molar-refractivity contribution in [2.45, 2.75) is 13.1 Å². The molecule has 0 aliphatic carbocycles. The molecule has 0 bridgehead atoms. The minimum absolute atomic E-state index is 0.0494. The number of amides is 2. The number of para-hydroxylation sites is 2. The number of fused-ring (bicyclic) bond motifs is 2. The second-order valence-electron chi connectivity index (χ2n) is 8.29. The molecule has 3 heterocycles. The van der Waals surface area contributed by atoms with Gasteiger partial charge in [0.25, 0.3) is 0 Å². The van der Waals surface area contributed by atoms with Gasteiger partial charge in [0.2, 0.25) is 0 Å². The van der Waals surface area contributed by atoms with Gasteiger partial charge in [-0.1, -0.05) is 0 Å². The summed E-state index contributed by atoms with van der Waals surface area (Å²) >= 11 is 1.54. The standard InChI is InChI=1S/C24H20N3O2SeSiTe/c1-26-23(29)16(22(28)25-24(26)32)14-15-12-13-21(30-15)27-17-8-4-6-10-19(17)31(2,3)20-11-7-5-9-18(20)27/h4-14H,1-3H3/b16-14+. The molecule has 2 amide bonds. The monoisotopic (exact) mass is 620 g/mol. The fourth-order valence-corrected chi connectivity index (χ4v) is 9.81. The van der Waals surface area contributed by atoms with E-state index in [9.17, 15) is 9.59 Å². The number of hydrogen-bond donors (Lipinski definition) is 0. The number of carbonyl (C=O) groups is 2. The summed E-state index contributed by atoms with van der Waals surface area (Å²) in [5.74, 6) is -0.753. The molecule has 1 radical (unpaired) electrons. The molecule has 0 saturated carbocycles. The molecule has 1 aromatic heterocycles. The normalized spacial score (nSPS) is 18.5. The van der Waals surface area contributed by atoms with Crippen LogP contribution in [0.3, 0.4) is 0 Å². The summed E-state index contributed by atoms with van der Waals surface area (Å²) in [4.78, 5) is 32.8. The third-order valence-electron chi connectivity index (χ3n) is 6.01. The summed E-state index contributed by atoms with van der Waals surface area (Å²) in [7, 11) is -0.161. The summed E-state index contributed by atoms with van der Waals surface area (Å²) in [6, 6.07) is 21.5. The number of rotatable bonds is 2. The number of benzene rings is 2. The van der Waals surface area contributed by atoms with Crippen LogP contribution in [0.15, 0.2) is 71.2 Å². The fourth-order valence-electron chi connectivity index (χ4n) is 4.29. The molecule has 3 aromatic rings. The molecule has 2 aliphatic rings. The van der Waals surface area contributed by atoms with E-state index >= 15 is 0 Å². The molecule has 0 saturated heterocycles. The third kappa shape index (κ3) is 3.38. The number of aliphatic imine (C=N–C) groups is 1. The van der Waals surface area contributed by atoms with Gasteiger partial charge in [-0.25, -0.2) is 0 Å². The molecule has 5 nitrogen and oxygen atoms in total. The quantitative estimate of drug-likeness (QED) is 0.252. The van der Waals surface area contributed by atoms with Crippen molar-refractivity contribution < 1.29 is 9.59 Å². The molecule has 0 unspecified atom stereocenters. The first kappa shape index (κ1) is 21.6. The molecule has 159 valence electrons. The second-order valence-corrected chi connectivity index (χ2v) is 16.0. The molecule has 0 fully saturated rings. The van der Waals surface area contributed by atoms with Crippen LogP contribution < -0.4 is 15.3 Å². The average Bonchev–Trinajstić information content (AvgIpc) is 3.24. The Morgan fingerprint density at radius 1 is 0.938 bits per heavy atom. The van der Waals surface area contributed by atoms with Crippen LogP contribution in [-0.2, 0) is 9.59 Å². The van der Waals surface area contributed by atoms with Crippen molar-refractivity contribution in [1.82, 2.24) is 4.90 Å². The van der Waals surface area contributed by atoms with Gasteiger partial charge >= 0.3 is 208 Å². The van der Waals surface area contributed by atoms with Crippen molar-refractivity contribution in [1.29, 1.82) is 0 Å². The summed E-state index contributed by atoms with van der Waals surface area (Å²) in [6.07, 6.45) is 1.72. The average molecular weight is 617 g/mol. The predicted molar refractivity (Wildman–Crippen MR) is 134 cm³/mol. The summed E-state index contributed by atoms with van der Waals surface area (Å²) in [5, 5.41) is 2.85. The van der Waals surface area contributed by atoms with Crippen LogP contribution in [0.5, 0.6) is 0 Å². The van der Waals surface area contributed by atoms with E-state index in [-0.39, 0.29) is 26.0 Å². The molecule has 0 N–H and O–H groups in total. The number of carbonyl (C=O) groups excluding carboxylic acids is 2. The van der Waals surface area contributed by atoms with Crippen molar-refractivity contribution in [3.05, 3.63) is 70.7 Å². The van der Waals surface area contributed by atoms with E-state index in [1.165, 1.54) is 31.2 Å². The Hall–Kier alpha value is -2.20. The van der Waals surface area contributed by atoms with Crippen molar-refractivity contribution in [2.24, 2.45) is 4.99 Å². The van der Waals surface area contributed by atoms with E-state index in [0.29, 0.717) is 3.88 Å². The Kier molecular flexibility index (Phi) is 5.40. The molecule has 0 spiro atoms. The summed E-state index contributed by atoms with van der Waals surface area (Å²) < 4.78 is 2.62. The van der Waals surface area contributed by atoms with Crippen LogP contribution in [0.4, 0.5) is 15.9 Å². The van der Waals surface area contributed by atoms with E-state index in [4.69, 9.17) is 0 Å². The molecular formula is C24H20N3O2SeSiTe. The first-order chi connectivity index (χ1) is 15.3. The van der Waals surface area contributed by atoms with Crippen molar-refractivity contribution in [3.8, 4) is 0 Å². The second kappa shape index (κ2) is 7.98. The van der Waals surface area contributed by atoms with Crippen LogP contribution >= 0.6 is 0 Å². The van der Waals surface area contributed by atoms with Gasteiger partial charge in [0.05, 0.1) is 0 Å². The molecule has 32 heavy (non-hydrogen) atoms. The van der Waals surface area contributed by atoms with E-state index < -0.39 is 14.0 Å². The Morgan fingerprint density at radius 2 is 1.53 bits per heavy atom. The topological polar surface area (TPSA) is 53.0 Å². The zero-order valence-electron chi connectivity index (χ0n) is 17.8. The molecular weight excluding hydrogens is 597 g/mol. The maximum absolute atomic E-state index is 12.6. The Labute approximate surface area is 207 Å². The number of likely N-dealkylation sites (N-methyl/N-ethyl adjacent to an activating group) is 1. The van der Waals surface area contributed by atoms with Crippen LogP contribution in [0.2, 0.25) is 13.1 Å². The molecule has 2 aromatic carbocycles. The van der Waals surface area contributed by atoms with Gasteiger partial charge in [-0.2, -0.15) is 0 Å². The zero-order chi connectivity index (χ0) is 22.6. The number of amidine groups is 1. The van der Waals surface area contributed by atoms with Gasteiger partial charge in [0.15, 0.2) is 0 Å². The number of hydrogen-bond acceptors (Lipinski definition) is 3.